The van der Waals surface area contributed by atoms with E-state index in [9.17, 15) is 8.42 Å². The molecule has 0 radical (unpaired) electrons. The summed E-state index contributed by atoms with van der Waals surface area (Å²) in [5, 5.41) is 8.93. The number of anilines is 1. The zero-order valence-corrected chi connectivity index (χ0v) is 12.3. The van der Waals surface area contributed by atoms with E-state index in [0.29, 0.717) is 15.7 Å². The minimum absolute atomic E-state index is 0.113. The van der Waals surface area contributed by atoms with Crippen LogP contribution in [0.2, 0.25) is 0 Å². The van der Waals surface area contributed by atoms with Crippen LogP contribution < -0.4 is 4.72 Å². The molecule has 0 saturated heterocycles. The molecule has 0 aliphatic heterocycles. The molecule has 2 aromatic rings. The number of aliphatic hydroxyl groups is 1. The average molecular weight is 342 g/mol. The quantitative estimate of drug-likeness (QED) is 0.898. The molecule has 0 aliphatic carbocycles. The number of para-hydroxylation sites is 1. The van der Waals surface area contributed by atoms with Gasteiger partial charge in [-0.1, -0.05) is 24.3 Å². The van der Waals surface area contributed by atoms with Gasteiger partial charge in [-0.25, -0.2) is 8.42 Å². The summed E-state index contributed by atoms with van der Waals surface area (Å²) >= 11 is 3.28. The molecular formula is C13H12BrNO3S. The van der Waals surface area contributed by atoms with Crippen molar-refractivity contribution in [2.75, 3.05) is 4.72 Å². The van der Waals surface area contributed by atoms with Gasteiger partial charge in [0.25, 0.3) is 10.0 Å². The molecule has 2 rings (SSSR count). The highest BCUT2D eigenvalue weighted by Crippen LogP contribution is 2.24. The molecule has 0 fully saturated rings. The number of sulfonamides is 1. The number of rotatable bonds is 4. The zero-order chi connectivity index (χ0) is 13.9. The highest BCUT2D eigenvalue weighted by atomic mass is 79.9. The molecule has 19 heavy (non-hydrogen) atoms. The predicted octanol–water partition coefficient (Wildman–Crippen LogP) is 2.74. The SMILES string of the molecule is O=S(=O)(Nc1ccccc1Br)c1ccc(CO)cc1. The van der Waals surface area contributed by atoms with Gasteiger partial charge in [0, 0.05) is 4.47 Å². The molecule has 0 saturated carbocycles. The van der Waals surface area contributed by atoms with Crippen LogP contribution in [0.5, 0.6) is 0 Å². The summed E-state index contributed by atoms with van der Waals surface area (Å²) in [6.07, 6.45) is 0. The lowest BCUT2D eigenvalue weighted by Gasteiger charge is -2.09. The maximum atomic E-state index is 12.2. The molecule has 6 heteroatoms. The Labute approximate surface area is 120 Å². The zero-order valence-electron chi connectivity index (χ0n) is 9.88. The Balaban J connectivity index is 2.30. The van der Waals surface area contributed by atoms with Crippen LogP contribution in [0.4, 0.5) is 5.69 Å². The topological polar surface area (TPSA) is 66.4 Å². The summed E-state index contributed by atoms with van der Waals surface area (Å²) in [5.41, 5.74) is 1.15. The number of nitrogens with one attached hydrogen (secondary N) is 1. The summed E-state index contributed by atoms with van der Waals surface area (Å²) in [6, 6.07) is 13.1. The van der Waals surface area contributed by atoms with E-state index in [4.69, 9.17) is 5.11 Å². The second kappa shape index (κ2) is 5.73. The van der Waals surface area contributed by atoms with Gasteiger partial charge < -0.3 is 5.11 Å². The molecule has 0 amide bonds. The van der Waals surface area contributed by atoms with Gasteiger partial charge in [-0.3, -0.25) is 4.72 Å². The lowest BCUT2D eigenvalue weighted by Crippen LogP contribution is -2.13. The maximum absolute atomic E-state index is 12.2. The number of benzene rings is 2. The molecule has 0 aromatic heterocycles. The van der Waals surface area contributed by atoms with Gasteiger partial charge in [-0.05, 0) is 45.8 Å². The van der Waals surface area contributed by atoms with E-state index < -0.39 is 10.0 Å². The molecule has 0 bridgehead atoms. The van der Waals surface area contributed by atoms with E-state index >= 15 is 0 Å². The number of hydrogen-bond donors (Lipinski definition) is 2. The second-order valence-corrected chi connectivity index (χ2v) is 6.42. The van der Waals surface area contributed by atoms with Crippen molar-refractivity contribution in [3.05, 3.63) is 58.6 Å². The van der Waals surface area contributed by atoms with Gasteiger partial charge in [-0.2, -0.15) is 0 Å². The summed E-state index contributed by atoms with van der Waals surface area (Å²) in [5.74, 6) is 0. The smallest absolute Gasteiger partial charge is 0.261 e. The Morgan fingerprint density at radius 1 is 1.05 bits per heavy atom. The Hall–Kier alpha value is -1.37. The Kier molecular flexibility index (Phi) is 4.24. The summed E-state index contributed by atoms with van der Waals surface area (Å²) in [6.45, 7) is -0.113. The first kappa shape index (κ1) is 14.0. The summed E-state index contributed by atoms with van der Waals surface area (Å²) in [4.78, 5) is 0.153. The first-order valence-corrected chi connectivity index (χ1v) is 7.78. The standard InChI is InChI=1S/C13H12BrNO3S/c14-12-3-1-2-4-13(12)15-19(17,18)11-7-5-10(9-16)6-8-11/h1-8,15-16H,9H2. The van der Waals surface area contributed by atoms with Gasteiger partial charge in [0.05, 0.1) is 17.2 Å². The van der Waals surface area contributed by atoms with Crippen LogP contribution in [-0.2, 0) is 16.6 Å². The van der Waals surface area contributed by atoms with Crippen molar-refractivity contribution in [1.29, 1.82) is 0 Å². The first-order chi connectivity index (χ1) is 9.03. The molecule has 0 spiro atoms. The molecule has 4 nitrogen and oxygen atoms in total. The monoisotopic (exact) mass is 341 g/mol. The summed E-state index contributed by atoms with van der Waals surface area (Å²) in [7, 11) is -3.62. The lowest BCUT2D eigenvalue weighted by atomic mass is 10.2. The maximum Gasteiger partial charge on any atom is 0.261 e. The largest absolute Gasteiger partial charge is 0.392 e. The third-order valence-electron chi connectivity index (χ3n) is 2.53. The van der Waals surface area contributed by atoms with Crippen molar-refractivity contribution in [3.8, 4) is 0 Å². The van der Waals surface area contributed by atoms with Gasteiger partial charge in [-0.15, -0.1) is 0 Å². The fourth-order valence-corrected chi connectivity index (χ4v) is 3.12. The van der Waals surface area contributed by atoms with Crippen molar-refractivity contribution in [2.45, 2.75) is 11.5 Å². The van der Waals surface area contributed by atoms with Crippen LogP contribution in [-0.4, -0.2) is 13.5 Å². The van der Waals surface area contributed by atoms with E-state index in [1.54, 1.807) is 36.4 Å². The predicted molar refractivity (Wildman–Crippen MR) is 77.3 cm³/mol. The molecule has 0 aliphatic rings. The van der Waals surface area contributed by atoms with Crippen molar-refractivity contribution >= 4 is 31.6 Å². The molecule has 0 heterocycles. The molecular weight excluding hydrogens is 330 g/mol. The van der Waals surface area contributed by atoms with Crippen LogP contribution >= 0.6 is 15.9 Å². The van der Waals surface area contributed by atoms with Crippen LogP contribution in [0.3, 0.4) is 0 Å². The van der Waals surface area contributed by atoms with E-state index in [-0.39, 0.29) is 11.5 Å². The third kappa shape index (κ3) is 3.34. The molecule has 0 atom stereocenters. The number of hydrogen-bond acceptors (Lipinski definition) is 3. The third-order valence-corrected chi connectivity index (χ3v) is 4.61. The van der Waals surface area contributed by atoms with E-state index in [1.165, 1.54) is 12.1 Å². The minimum Gasteiger partial charge on any atom is -0.392 e. The number of aliphatic hydroxyl groups excluding tert-OH is 1. The highest BCUT2D eigenvalue weighted by molar-refractivity contribution is 9.10. The average Bonchev–Trinajstić information content (AvgIpc) is 2.41. The van der Waals surface area contributed by atoms with Gasteiger partial charge in [0.2, 0.25) is 0 Å². The van der Waals surface area contributed by atoms with Gasteiger partial charge in [0.15, 0.2) is 0 Å². The fraction of sp³-hybridized carbons (Fsp3) is 0.0769. The van der Waals surface area contributed by atoms with Crippen molar-refractivity contribution < 1.29 is 13.5 Å². The molecule has 0 unspecified atom stereocenters. The lowest BCUT2D eigenvalue weighted by molar-refractivity contribution is 0.282. The van der Waals surface area contributed by atoms with E-state index in [2.05, 4.69) is 20.7 Å². The molecule has 2 aromatic carbocycles. The Morgan fingerprint density at radius 3 is 2.26 bits per heavy atom. The van der Waals surface area contributed by atoms with Crippen LogP contribution in [0.1, 0.15) is 5.56 Å². The van der Waals surface area contributed by atoms with Crippen LogP contribution in [0.15, 0.2) is 57.9 Å². The summed E-state index contributed by atoms with van der Waals surface area (Å²) < 4.78 is 27.5. The molecule has 2 N–H and O–H groups in total. The van der Waals surface area contributed by atoms with Crippen LogP contribution in [0, 0.1) is 0 Å². The van der Waals surface area contributed by atoms with Crippen molar-refractivity contribution in [3.63, 3.8) is 0 Å². The van der Waals surface area contributed by atoms with E-state index in [1.807, 2.05) is 0 Å². The Morgan fingerprint density at radius 2 is 1.68 bits per heavy atom. The van der Waals surface area contributed by atoms with Crippen molar-refractivity contribution in [1.82, 2.24) is 0 Å². The highest BCUT2D eigenvalue weighted by Gasteiger charge is 2.15. The second-order valence-electron chi connectivity index (χ2n) is 3.89. The molecule has 100 valence electrons. The van der Waals surface area contributed by atoms with E-state index in [0.717, 1.165) is 0 Å². The fourth-order valence-electron chi connectivity index (χ4n) is 1.52. The van der Waals surface area contributed by atoms with Crippen molar-refractivity contribution in [2.24, 2.45) is 0 Å². The Bertz CT molecular complexity index is 669. The normalized spacial score (nSPS) is 11.3. The first-order valence-electron chi connectivity index (χ1n) is 5.50. The van der Waals surface area contributed by atoms with Crippen LogP contribution in [0.25, 0.3) is 0 Å². The van der Waals surface area contributed by atoms with Gasteiger partial charge in [0.1, 0.15) is 0 Å². The number of halogens is 1. The van der Waals surface area contributed by atoms with Gasteiger partial charge >= 0.3 is 0 Å². The minimum atomic E-state index is -3.62.